The number of aliphatic carboxylic acids is 1. The number of carbonyl (C=O) groups excluding carboxylic acids is 7. The monoisotopic (exact) mass is 814 g/mol. The van der Waals surface area contributed by atoms with E-state index in [0.717, 1.165) is 64.0 Å². The average Bonchev–Trinajstić information content (AvgIpc) is 3.46. The molecule has 4 rings (SSSR count). The molecule has 2 aliphatic rings. The van der Waals surface area contributed by atoms with Crippen molar-refractivity contribution < 1.29 is 81.4 Å². The maximum Gasteiger partial charge on any atom is 0.407 e. The molecule has 2 aromatic rings. The fraction of sp³-hybridized carbons (Fsp3) is 0.487. The quantitative estimate of drug-likeness (QED) is 0.162. The number of hydrogen-bond donors (Lipinski definition) is 3. The molecular weight excluding hydrogens is 768 g/mol. The minimum Gasteiger partial charge on any atom is -0.480 e. The molecule has 0 spiro atoms. The van der Waals surface area contributed by atoms with Gasteiger partial charge in [0.2, 0.25) is 5.91 Å². The summed E-state index contributed by atoms with van der Waals surface area (Å²) < 4.78 is 44.3. The second kappa shape index (κ2) is 19.4. The Morgan fingerprint density at radius 2 is 1.41 bits per heavy atom. The third-order valence-electron chi connectivity index (χ3n) is 9.22. The number of rotatable bonds is 16. The fourth-order valence-corrected chi connectivity index (χ4v) is 7.03. The van der Waals surface area contributed by atoms with E-state index in [4.69, 9.17) is 37.9 Å². The molecule has 2 amide bonds. The van der Waals surface area contributed by atoms with E-state index in [0.29, 0.717) is 0 Å². The first-order chi connectivity index (χ1) is 27.4. The SMILES string of the molecule is COC(=O)[C@@]1(O[C@H](C)[C@H](NC(=O)OCC2c3ccccc3-c3ccccc32)C(=O)O)C[C@H](OC(C)=O)[C@@H](NC(C)=O)[C@H]([C@H](OC(C)=O)[C@@H](COC(C)=O)OC(C)=O)O1. The standard InChI is InChI=1S/C39H46N2O17/c1-19(32(36(47)48)41-38(50)53-17-29-27-14-10-8-12-25(27)26-13-9-11-15-28(26)29)57-39(37(49)51-7)16-30(54-22(4)44)33(40-20(2)42)35(58-39)34(56-24(6)46)31(55-23(5)45)18-52-21(3)43/h8-15,19,29-35H,16-18H2,1-7H3,(H,40,42)(H,41,50)(H,47,48)/t19-,30+,31-,32+,33-,34-,35-,39-/m1/s1. The molecule has 19 nitrogen and oxygen atoms in total. The van der Waals surface area contributed by atoms with Crippen LogP contribution >= 0.6 is 0 Å². The molecule has 0 aromatic heterocycles. The number of carboxylic acid groups (broad SMARTS) is 1. The van der Waals surface area contributed by atoms with Crippen LogP contribution in [0.15, 0.2) is 48.5 Å². The van der Waals surface area contributed by atoms with E-state index >= 15 is 0 Å². The molecule has 1 aliphatic carbocycles. The van der Waals surface area contributed by atoms with Crippen molar-refractivity contribution in [3.63, 3.8) is 0 Å². The Morgan fingerprint density at radius 1 is 0.828 bits per heavy atom. The van der Waals surface area contributed by atoms with Crippen molar-refractivity contribution in [2.75, 3.05) is 20.3 Å². The molecule has 3 N–H and O–H groups in total. The van der Waals surface area contributed by atoms with Crippen molar-refractivity contribution in [1.82, 2.24) is 10.6 Å². The number of methoxy groups -OCH3 is 1. The van der Waals surface area contributed by atoms with Gasteiger partial charge in [0.05, 0.1) is 25.7 Å². The van der Waals surface area contributed by atoms with Gasteiger partial charge in [-0.3, -0.25) is 24.0 Å². The van der Waals surface area contributed by atoms with Gasteiger partial charge < -0.3 is 53.6 Å². The van der Waals surface area contributed by atoms with Gasteiger partial charge in [-0.05, 0) is 29.2 Å². The largest absolute Gasteiger partial charge is 0.480 e. The van der Waals surface area contributed by atoms with Crippen LogP contribution < -0.4 is 10.6 Å². The van der Waals surface area contributed by atoms with Crippen molar-refractivity contribution in [2.24, 2.45) is 0 Å². The lowest BCUT2D eigenvalue weighted by molar-refractivity contribution is -0.325. The molecule has 58 heavy (non-hydrogen) atoms. The molecular formula is C39H46N2O17. The van der Waals surface area contributed by atoms with Crippen molar-refractivity contribution in [3.8, 4) is 11.1 Å². The van der Waals surface area contributed by atoms with Crippen molar-refractivity contribution in [1.29, 1.82) is 0 Å². The fourth-order valence-electron chi connectivity index (χ4n) is 7.03. The van der Waals surface area contributed by atoms with Crippen LogP contribution in [0.25, 0.3) is 11.1 Å². The van der Waals surface area contributed by atoms with E-state index in [1.54, 1.807) is 0 Å². The summed E-state index contributed by atoms with van der Waals surface area (Å²) in [4.78, 5) is 101. The van der Waals surface area contributed by atoms with E-state index in [2.05, 4.69) is 10.6 Å². The normalized spacial score (nSPS) is 21.6. The van der Waals surface area contributed by atoms with Gasteiger partial charge in [-0.2, -0.15) is 0 Å². The molecule has 1 aliphatic heterocycles. The predicted molar refractivity (Wildman–Crippen MR) is 195 cm³/mol. The Morgan fingerprint density at radius 3 is 1.91 bits per heavy atom. The number of nitrogens with one attached hydrogen (secondary N) is 2. The number of esters is 5. The van der Waals surface area contributed by atoms with E-state index in [-0.39, 0.29) is 12.5 Å². The number of fused-ring (bicyclic) bond motifs is 3. The molecule has 19 heteroatoms. The minimum atomic E-state index is -2.74. The Kier molecular flexibility index (Phi) is 14.9. The van der Waals surface area contributed by atoms with E-state index in [1.165, 1.54) is 6.92 Å². The van der Waals surface area contributed by atoms with Gasteiger partial charge >= 0.3 is 41.9 Å². The maximum absolute atomic E-state index is 13.8. The van der Waals surface area contributed by atoms with Crippen LogP contribution in [0.4, 0.5) is 4.79 Å². The highest BCUT2D eigenvalue weighted by Crippen LogP contribution is 2.44. The number of amides is 2. The Bertz CT molecular complexity index is 1850. The van der Waals surface area contributed by atoms with Crippen molar-refractivity contribution in [3.05, 3.63) is 59.7 Å². The molecule has 314 valence electrons. The predicted octanol–water partition coefficient (Wildman–Crippen LogP) is 1.90. The molecule has 0 unspecified atom stereocenters. The number of alkyl carbamates (subject to hydrolysis) is 1. The molecule has 1 saturated heterocycles. The summed E-state index contributed by atoms with van der Waals surface area (Å²) in [5, 5.41) is 15.1. The Balaban J connectivity index is 1.69. The highest BCUT2D eigenvalue weighted by Gasteiger charge is 2.60. The number of carbonyl (C=O) groups is 8. The Labute approximate surface area is 332 Å². The first-order valence-corrected chi connectivity index (χ1v) is 18.1. The lowest BCUT2D eigenvalue weighted by Crippen LogP contribution is -2.70. The molecule has 0 bridgehead atoms. The third-order valence-corrected chi connectivity index (χ3v) is 9.22. The molecule has 2 aromatic carbocycles. The lowest BCUT2D eigenvalue weighted by Gasteiger charge is -2.49. The van der Waals surface area contributed by atoms with Crippen LogP contribution in [0.1, 0.15) is 65.0 Å². The van der Waals surface area contributed by atoms with Gasteiger partial charge in [0.25, 0.3) is 5.79 Å². The summed E-state index contributed by atoms with van der Waals surface area (Å²) in [6, 6.07) is 11.7. The number of hydrogen-bond acceptors (Lipinski definition) is 16. The summed E-state index contributed by atoms with van der Waals surface area (Å²) in [5.74, 6) is -10.5. The second-order valence-corrected chi connectivity index (χ2v) is 13.5. The van der Waals surface area contributed by atoms with Crippen molar-refractivity contribution in [2.45, 2.75) is 102 Å². The van der Waals surface area contributed by atoms with Gasteiger partial charge in [0, 0.05) is 40.5 Å². The zero-order valence-corrected chi connectivity index (χ0v) is 32.8. The highest BCUT2D eigenvalue weighted by molar-refractivity contribution is 5.82. The summed E-state index contributed by atoms with van der Waals surface area (Å²) in [6.07, 6.45) is -10.5. The van der Waals surface area contributed by atoms with Gasteiger partial charge in [0.15, 0.2) is 18.2 Å². The molecule has 8 atom stereocenters. The van der Waals surface area contributed by atoms with E-state index in [1.807, 2.05) is 48.5 Å². The maximum atomic E-state index is 13.8. The number of ether oxygens (including phenoxy) is 8. The summed E-state index contributed by atoms with van der Waals surface area (Å²) in [5.41, 5.74) is 3.74. The van der Waals surface area contributed by atoms with Crippen LogP contribution in [0.5, 0.6) is 0 Å². The van der Waals surface area contributed by atoms with Crippen LogP contribution in [0, 0.1) is 0 Å². The van der Waals surface area contributed by atoms with E-state index < -0.39 is 109 Å². The van der Waals surface area contributed by atoms with Crippen LogP contribution in [0.3, 0.4) is 0 Å². The molecule has 1 fully saturated rings. The summed E-state index contributed by atoms with van der Waals surface area (Å²) in [7, 11) is 0.937. The first kappa shape index (κ1) is 44.6. The Hall–Kier alpha value is -6.08. The smallest absolute Gasteiger partial charge is 0.407 e. The minimum absolute atomic E-state index is 0.165. The topological polar surface area (TPSA) is 255 Å². The average molecular weight is 815 g/mol. The van der Waals surface area contributed by atoms with Gasteiger partial charge in [-0.1, -0.05) is 48.5 Å². The van der Waals surface area contributed by atoms with Crippen LogP contribution in [-0.4, -0.2) is 122 Å². The lowest BCUT2D eigenvalue weighted by atomic mass is 9.87. The zero-order valence-electron chi connectivity index (χ0n) is 32.8. The molecule has 0 saturated carbocycles. The number of carboxylic acids is 1. The molecule has 1 heterocycles. The van der Waals surface area contributed by atoms with Crippen LogP contribution in [-0.2, 0) is 71.5 Å². The highest BCUT2D eigenvalue weighted by atomic mass is 16.7. The first-order valence-electron chi connectivity index (χ1n) is 18.1. The van der Waals surface area contributed by atoms with E-state index in [9.17, 15) is 43.5 Å². The van der Waals surface area contributed by atoms with Gasteiger partial charge in [0.1, 0.15) is 25.4 Å². The molecule has 0 radical (unpaired) electrons. The van der Waals surface area contributed by atoms with Crippen molar-refractivity contribution >= 4 is 47.8 Å². The second-order valence-electron chi connectivity index (χ2n) is 13.5. The van der Waals surface area contributed by atoms with Gasteiger partial charge in [-0.15, -0.1) is 0 Å². The van der Waals surface area contributed by atoms with Gasteiger partial charge in [-0.25, -0.2) is 14.4 Å². The summed E-state index contributed by atoms with van der Waals surface area (Å²) in [6.45, 7) is 5.42. The zero-order chi connectivity index (χ0) is 42.9. The van der Waals surface area contributed by atoms with Crippen LogP contribution in [0.2, 0.25) is 0 Å². The number of benzene rings is 2. The summed E-state index contributed by atoms with van der Waals surface area (Å²) >= 11 is 0. The third kappa shape index (κ3) is 10.9.